The fraction of sp³-hybridized carbons (Fsp3) is 0.882. The van der Waals surface area contributed by atoms with Crippen molar-refractivity contribution in [3.8, 4) is 0 Å². The summed E-state index contributed by atoms with van der Waals surface area (Å²) < 4.78 is 5.51. The maximum atomic E-state index is 12.2. The van der Waals surface area contributed by atoms with Crippen molar-refractivity contribution in [2.75, 3.05) is 60.0 Å². The number of aliphatic imine (C=N–C) groups is 1. The largest absolute Gasteiger partial charge is 0.381 e. The third kappa shape index (κ3) is 5.08. The molecule has 2 heterocycles. The van der Waals surface area contributed by atoms with Gasteiger partial charge in [0.15, 0.2) is 5.96 Å². The third-order valence-electron chi connectivity index (χ3n) is 5.13. The highest BCUT2D eigenvalue weighted by atomic mass is 16.5. The summed E-state index contributed by atoms with van der Waals surface area (Å²) >= 11 is 0. The van der Waals surface area contributed by atoms with Crippen LogP contribution < -0.4 is 10.6 Å². The fourth-order valence-corrected chi connectivity index (χ4v) is 3.34. The predicted octanol–water partition coefficient (Wildman–Crippen LogP) is 0.275. The minimum absolute atomic E-state index is 0.0768. The van der Waals surface area contributed by atoms with Crippen LogP contribution in [0.25, 0.3) is 0 Å². The topological polar surface area (TPSA) is 69.2 Å². The second kappa shape index (κ2) is 9.22. The molecule has 0 aromatic carbocycles. The first-order chi connectivity index (χ1) is 11.6. The Morgan fingerprint density at radius 3 is 2.46 bits per heavy atom. The van der Waals surface area contributed by atoms with Gasteiger partial charge < -0.3 is 25.2 Å². The molecule has 24 heavy (non-hydrogen) atoms. The number of guanidine groups is 1. The Hall–Kier alpha value is -1.34. The first-order valence-corrected chi connectivity index (χ1v) is 9.12. The molecule has 0 aromatic rings. The van der Waals surface area contributed by atoms with Crippen LogP contribution in [0.5, 0.6) is 0 Å². The number of rotatable bonds is 6. The second-order valence-corrected chi connectivity index (χ2v) is 6.87. The molecule has 7 heteroatoms. The number of likely N-dealkylation sites (N-methyl/N-ethyl adjacent to an activating group) is 1. The van der Waals surface area contributed by atoms with Crippen LogP contribution in [-0.2, 0) is 9.53 Å². The number of ether oxygens (including phenoxy) is 1. The number of nitrogens with one attached hydrogen (secondary N) is 2. The monoisotopic (exact) mass is 339 g/mol. The summed E-state index contributed by atoms with van der Waals surface area (Å²) in [5, 5.41) is 6.67. The summed E-state index contributed by atoms with van der Waals surface area (Å²) in [5.74, 6) is 0.843. The van der Waals surface area contributed by atoms with E-state index in [0.29, 0.717) is 0 Å². The quantitative estimate of drug-likeness (QED) is 0.537. The Bertz CT molecular complexity index is 427. The van der Waals surface area contributed by atoms with Gasteiger partial charge in [0, 0.05) is 44.9 Å². The molecule has 0 spiro atoms. The molecule has 2 aliphatic heterocycles. The minimum Gasteiger partial charge on any atom is -0.381 e. The van der Waals surface area contributed by atoms with Crippen LogP contribution in [0.15, 0.2) is 4.99 Å². The minimum atomic E-state index is 0.0768. The fourth-order valence-electron chi connectivity index (χ4n) is 3.34. The van der Waals surface area contributed by atoms with Gasteiger partial charge in [-0.1, -0.05) is 0 Å². The number of carbonyl (C=O) groups excluding carboxylic acids is 1. The van der Waals surface area contributed by atoms with Gasteiger partial charge in [-0.15, -0.1) is 0 Å². The maximum Gasteiger partial charge on any atom is 0.244 e. The van der Waals surface area contributed by atoms with E-state index in [1.54, 1.807) is 0 Å². The molecule has 0 atom stereocenters. The molecule has 2 saturated heterocycles. The molecule has 0 radical (unpaired) electrons. The zero-order valence-corrected chi connectivity index (χ0v) is 15.4. The summed E-state index contributed by atoms with van der Waals surface area (Å²) in [6.45, 7) is 7.17. The summed E-state index contributed by atoms with van der Waals surface area (Å²) in [5.41, 5.74) is 0.0768. The van der Waals surface area contributed by atoms with Gasteiger partial charge in [0.2, 0.25) is 5.91 Å². The number of hydrogen-bond donors (Lipinski definition) is 2. The maximum absolute atomic E-state index is 12.2. The van der Waals surface area contributed by atoms with E-state index in [-0.39, 0.29) is 18.0 Å². The lowest BCUT2D eigenvalue weighted by molar-refractivity contribution is -0.128. The lowest BCUT2D eigenvalue weighted by atomic mass is 9.88. The Balaban J connectivity index is 1.91. The normalized spacial score (nSPS) is 21.2. The van der Waals surface area contributed by atoms with Crippen molar-refractivity contribution >= 4 is 11.9 Å². The van der Waals surface area contributed by atoms with E-state index in [1.165, 1.54) is 0 Å². The molecule has 2 aliphatic rings. The Kier molecular flexibility index (Phi) is 7.30. The average molecular weight is 339 g/mol. The molecule has 0 bridgehead atoms. The molecular formula is C17H33N5O2. The van der Waals surface area contributed by atoms with Crippen LogP contribution in [-0.4, -0.2) is 87.2 Å². The van der Waals surface area contributed by atoms with Crippen LogP contribution in [0.2, 0.25) is 0 Å². The van der Waals surface area contributed by atoms with Crippen LogP contribution in [0.3, 0.4) is 0 Å². The van der Waals surface area contributed by atoms with E-state index >= 15 is 0 Å². The summed E-state index contributed by atoms with van der Waals surface area (Å²) in [4.78, 5) is 20.8. The Morgan fingerprint density at radius 1 is 1.21 bits per heavy atom. The van der Waals surface area contributed by atoms with Gasteiger partial charge in [-0.05, 0) is 46.7 Å². The first-order valence-electron chi connectivity index (χ1n) is 9.12. The van der Waals surface area contributed by atoms with Crippen molar-refractivity contribution in [3.05, 3.63) is 0 Å². The van der Waals surface area contributed by atoms with Gasteiger partial charge in [-0.2, -0.15) is 0 Å². The molecule has 0 aromatic heterocycles. The standard InChI is InChI=1S/C17H33N5O2/c1-4-18-16(19-13-15(23)22-9-5-6-10-22)20-14-17(21(2)3)7-11-24-12-8-17/h4-14H2,1-3H3,(H2,18,19,20). The van der Waals surface area contributed by atoms with E-state index in [2.05, 4.69) is 34.6 Å². The molecule has 1 amide bonds. The zero-order valence-electron chi connectivity index (χ0n) is 15.4. The first kappa shape index (κ1) is 19.0. The SMILES string of the molecule is CCNC(=NCC(=O)N1CCCC1)NCC1(N(C)C)CCOCC1. The van der Waals surface area contributed by atoms with Gasteiger partial charge in [-0.3, -0.25) is 4.79 Å². The highest BCUT2D eigenvalue weighted by Gasteiger charge is 2.34. The van der Waals surface area contributed by atoms with Crippen molar-refractivity contribution in [2.45, 2.75) is 38.1 Å². The van der Waals surface area contributed by atoms with Crippen molar-refractivity contribution in [1.29, 1.82) is 0 Å². The molecule has 2 rings (SSSR count). The molecule has 2 N–H and O–H groups in total. The van der Waals surface area contributed by atoms with Gasteiger partial charge in [0.25, 0.3) is 0 Å². The smallest absolute Gasteiger partial charge is 0.244 e. The molecule has 0 saturated carbocycles. The van der Waals surface area contributed by atoms with Gasteiger partial charge in [-0.25, -0.2) is 4.99 Å². The lowest BCUT2D eigenvalue weighted by Gasteiger charge is -2.43. The molecule has 2 fully saturated rings. The number of amides is 1. The summed E-state index contributed by atoms with van der Waals surface area (Å²) in [7, 11) is 4.24. The molecule has 0 unspecified atom stereocenters. The average Bonchev–Trinajstić information content (AvgIpc) is 3.12. The van der Waals surface area contributed by atoms with Crippen molar-refractivity contribution < 1.29 is 9.53 Å². The highest BCUT2D eigenvalue weighted by Crippen LogP contribution is 2.24. The number of likely N-dealkylation sites (tertiary alicyclic amines) is 1. The number of hydrogen-bond acceptors (Lipinski definition) is 4. The summed E-state index contributed by atoms with van der Waals surface area (Å²) in [6.07, 6.45) is 4.22. The van der Waals surface area contributed by atoms with E-state index in [4.69, 9.17) is 4.74 Å². The second-order valence-electron chi connectivity index (χ2n) is 6.87. The Labute approximate surface area is 145 Å². The highest BCUT2D eigenvalue weighted by molar-refractivity contribution is 5.85. The number of carbonyl (C=O) groups is 1. The van der Waals surface area contributed by atoms with E-state index < -0.39 is 0 Å². The molecule has 0 aliphatic carbocycles. The van der Waals surface area contributed by atoms with Crippen molar-refractivity contribution in [2.24, 2.45) is 4.99 Å². The van der Waals surface area contributed by atoms with Gasteiger partial charge in [0.05, 0.1) is 0 Å². The Morgan fingerprint density at radius 2 is 1.88 bits per heavy atom. The predicted molar refractivity (Wildman–Crippen MR) is 96.3 cm³/mol. The molecule has 7 nitrogen and oxygen atoms in total. The van der Waals surface area contributed by atoms with Crippen molar-refractivity contribution in [1.82, 2.24) is 20.4 Å². The zero-order chi connectivity index (χ0) is 17.4. The van der Waals surface area contributed by atoms with Crippen LogP contribution in [0.4, 0.5) is 0 Å². The number of nitrogens with zero attached hydrogens (tertiary/aromatic N) is 3. The van der Waals surface area contributed by atoms with Crippen LogP contribution in [0.1, 0.15) is 32.6 Å². The van der Waals surface area contributed by atoms with Crippen LogP contribution in [0, 0.1) is 0 Å². The third-order valence-corrected chi connectivity index (χ3v) is 5.13. The van der Waals surface area contributed by atoms with Gasteiger partial charge >= 0.3 is 0 Å². The summed E-state index contributed by atoms with van der Waals surface area (Å²) in [6, 6.07) is 0. The lowest BCUT2D eigenvalue weighted by Crippen LogP contribution is -2.57. The molecule has 138 valence electrons. The van der Waals surface area contributed by atoms with Crippen LogP contribution >= 0.6 is 0 Å². The molecular weight excluding hydrogens is 306 g/mol. The van der Waals surface area contributed by atoms with Crippen molar-refractivity contribution in [3.63, 3.8) is 0 Å². The van der Waals surface area contributed by atoms with E-state index in [9.17, 15) is 4.79 Å². The van der Waals surface area contributed by atoms with E-state index in [1.807, 2.05) is 11.8 Å². The van der Waals surface area contributed by atoms with E-state index in [0.717, 1.165) is 71.0 Å². The van der Waals surface area contributed by atoms with Gasteiger partial charge in [0.1, 0.15) is 6.54 Å².